The minimum atomic E-state index is -0.446. The van der Waals surface area contributed by atoms with Gasteiger partial charge < -0.3 is 4.90 Å². The SMILES string of the molecule is CCN1CCN(C2CC(=O)N(c3cccc(F)c3)C2=O)CC1. The Balaban J connectivity index is 1.75. The fourth-order valence-corrected chi connectivity index (χ4v) is 3.18. The van der Waals surface area contributed by atoms with Crippen LogP contribution in [0.5, 0.6) is 0 Å². The lowest BCUT2D eigenvalue weighted by molar-refractivity contribution is -0.123. The Hall–Kier alpha value is -1.79. The molecule has 5 nitrogen and oxygen atoms in total. The zero-order chi connectivity index (χ0) is 15.7. The highest BCUT2D eigenvalue weighted by atomic mass is 19.1. The third-order valence-corrected chi connectivity index (χ3v) is 4.48. The van der Waals surface area contributed by atoms with E-state index in [1.807, 2.05) is 0 Å². The number of benzene rings is 1. The second-order valence-electron chi connectivity index (χ2n) is 5.74. The average molecular weight is 305 g/mol. The van der Waals surface area contributed by atoms with Gasteiger partial charge in [-0.25, -0.2) is 9.29 Å². The Kier molecular flexibility index (Phi) is 4.22. The quantitative estimate of drug-likeness (QED) is 0.784. The highest BCUT2D eigenvalue weighted by Crippen LogP contribution is 2.26. The van der Waals surface area contributed by atoms with E-state index in [1.54, 1.807) is 6.07 Å². The van der Waals surface area contributed by atoms with Crippen molar-refractivity contribution in [1.29, 1.82) is 0 Å². The van der Waals surface area contributed by atoms with Crippen molar-refractivity contribution in [1.82, 2.24) is 9.80 Å². The van der Waals surface area contributed by atoms with Crippen LogP contribution in [0.25, 0.3) is 0 Å². The van der Waals surface area contributed by atoms with E-state index in [0.29, 0.717) is 5.69 Å². The van der Waals surface area contributed by atoms with Gasteiger partial charge in [-0.15, -0.1) is 0 Å². The van der Waals surface area contributed by atoms with Gasteiger partial charge in [-0.05, 0) is 24.7 Å². The molecule has 0 saturated carbocycles. The van der Waals surface area contributed by atoms with E-state index in [9.17, 15) is 14.0 Å². The number of amides is 2. The first kappa shape index (κ1) is 15.1. The van der Waals surface area contributed by atoms with Gasteiger partial charge in [0.1, 0.15) is 5.82 Å². The number of anilines is 1. The van der Waals surface area contributed by atoms with Gasteiger partial charge in [0.25, 0.3) is 5.91 Å². The monoisotopic (exact) mass is 305 g/mol. The summed E-state index contributed by atoms with van der Waals surface area (Å²) in [7, 11) is 0. The van der Waals surface area contributed by atoms with E-state index in [-0.39, 0.29) is 18.2 Å². The zero-order valence-corrected chi connectivity index (χ0v) is 12.7. The molecule has 2 amide bonds. The number of halogens is 1. The van der Waals surface area contributed by atoms with Crippen LogP contribution in [0.2, 0.25) is 0 Å². The molecule has 2 aliphatic rings. The molecule has 1 unspecified atom stereocenters. The predicted octanol–water partition coefficient (Wildman–Crippen LogP) is 1.10. The molecule has 2 heterocycles. The molecule has 0 bridgehead atoms. The summed E-state index contributed by atoms with van der Waals surface area (Å²) in [5, 5.41) is 0. The first-order valence-corrected chi connectivity index (χ1v) is 7.69. The van der Waals surface area contributed by atoms with Gasteiger partial charge in [-0.1, -0.05) is 13.0 Å². The molecular formula is C16H20FN3O2. The van der Waals surface area contributed by atoms with E-state index < -0.39 is 11.9 Å². The van der Waals surface area contributed by atoms with E-state index in [4.69, 9.17) is 0 Å². The number of carbonyl (C=O) groups excluding carboxylic acids is 2. The summed E-state index contributed by atoms with van der Waals surface area (Å²) in [5.74, 6) is -0.933. The van der Waals surface area contributed by atoms with Crippen LogP contribution in [0.4, 0.5) is 10.1 Å². The van der Waals surface area contributed by atoms with E-state index in [0.717, 1.165) is 37.6 Å². The predicted molar refractivity (Wildman–Crippen MR) is 81.0 cm³/mol. The van der Waals surface area contributed by atoms with Crippen molar-refractivity contribution in [3.05, 3.63) is 30.1 Å². The molecule has 1 atom stereocenters. The highest BCUT2D eigenvalue weighted by molar-refractivity contribution is 6.22. The Morgan fingerprint density at radius 1 is 1.18 bits per heavy atom. The molecule has 0 aliphatic carbocycles. The molecule has 6 heteroatoms. The van der Waals surface area contributed by atoms with Crippen LogP contribution < -0.4 is 4.90 Å². The molecule has 0 aromatic heterocycles. The maximum Gasteiger partial charge on any atom is 0.251 e. The third kappa shape index (κ3) is 2.76. The van der Waals surface area contributed by atoms with Gasteiger partial charge in [0.05, 0.1) is 18.2 Å². The summed E-state index contributed by atoms with van der Waals surface area (Å²) < 4.78 is 13.3. The van der Waals surface area contributed by atoms with Crippen LogP contribution >= 0.6 is 0 Å². The summed E-state index contributed by atoms with van der Waals surface area (Å²) in [6.07, 6.45) is 0.182. The molecule has 2 aliphatic heterocycles. The second-order valence-corrected chi connectivity index (χ2v) is 5.74. The fourth-order valence-electron chi connectivity index (χ4n) is 3.18. The molecule has 0 spiro atoms. The molecular weight excluding hydrogens is 285 g/mol. The lowest BCUT2D eigenvalue weighted by atomic mass is 10.1. The van der Waals surface area contributed by atoms with Crippen molar-refractivity contribution >= 4 is 17.5 Å². The van der Waals surface area contributed by atoms with Crippen molar-refractivity contribution in [3.63, 3.8) is 0 Å². The maximum absolute atomic E-state index is 13.3. The molecule has 2 fully saturated rings. The zero-order valence-electron chi connectivity index (χ0n) is 12.7. The summed E-state index contributed by atoms with van der Waals surface area (Å²) in [6, 6.07) is 5.23. The number of carbonyl (C=O) groups is 2. The van der Waals surface area contributed by atoms with Crippen molar-refractivity contribution in [2.24, 2.45) is 0 Å². The second kappa shape index (κ2) is 6.14. The number of likely N-dealkylation sites (N-methyl/N-ethyl adjacent to an activating group) is 1. The van der Waals surface area contributed by atoms with Crippen LogP contribution in [-0.4, -0.2) is 60.4 Å². The lowest BCUT2D eigenvalue weighted by Crippen LogP contribution is -2.52. The average Bonchev–Trinajstić information content (AvgIpc) is 2.82. The van der Waals surface area contributed by atoms with Crippen molar-refractivity contribution in [2.75, 3.05) is 37.6 Å². The summed E-state index contributed by atoms with van der Waals surface area (Å²) in [6.45, 7) is 6.51. The summed E-state index contributed by atoms with van der Waals surface area (Å²) in [4.78, 5) is 30.3. The lowest BCUT2D eigenvalue weighted by Gasteiger charge is -2.36. The van der Waals surface area contributed by atoms with Gasteiger partial charge in [0.15, 0.2) is 0 Å². The molecule has 118 valence electrons. The largest absolute Gasteiger partial charge is 0.301 e. The normalized spacial score (nSPS) is 24.3. The van der Waals surface area contributed by atoms with Gasteiger partial charge in [-0.2, -0.15) is 0 Å². The van der Waals surface area contributed by atoms with Crippen LogP contribution in [-0.2, 0) is 9.59 Å². The molecule has 22 heavy (non-hydrogen) atoms. The molecule has 3 rings (SSSR count). The fraction of sp³-hybridized carbons (Fsp3) is 0.500. The smallest absolute Gasteiger partial charge is 0.251 e. The number of hydrogen-bond donors (Lipinski definition) is 0. The van der Waals surface area contributed by atoms with E-state index >= 15 is 0 Å². The number of piperazine rings is 1. The first-order chi connectivity index (χ1) is 10.6. The Bertz CT molecular complexity index is 585. The van der Waals surface area contributed by atoms with Crippen LogP contribution in [0.15, 0.2) is 24.3 Å². The third-order valence-electron chi connectivity index (χ3n) is 4.48. The van der Waals surface area contributed by atoms with Crippen molar-refractivity contribution in [2.45, 2.75) is 19.4 Å². The van der Waals surface area contributed by atoms with Gasteiger partial charge >= 0.3 is 0 Å². The minimum Gasteiger partial charge on any atom is -0.301 e. The number of nitrogens with zero attached hydrogens (tertiary/aromatic N) is 3. The van der Waals surface area contributed by atoms with Gasteiger partial charge in [0.2, 0.25) is 5.91 Å². The summed E-state index contributed by atoms with van der Waals surface area (Å²) in [5.41, 5.74) is 0.324. The topological polar surface area (TPSA) is 43.9 Å². The standard InChI is InChI=1S/C16H20FN3O2/c1-2-18-6-8-19(9-7-18)14-11-15(21)20(16(14)22)13-5-3-4-12(17)10-13/h3-5,10,14H,2,6-9,11H2,1H3. The van der Waals surface area contributed by atoms with Gasteiger partial charge in [-0.3, -0.25) is 14.5 Å². The van der Waals surface area contributed by atoms with Crippen molar-refractivity contribution in [3.8, 4) is 0 Å². The molecule has 0 radical (unpaired) electrons. The minimum absolute atomic E-state index is 0.182. The molecule has 1 aromatic carbocycles. The Morgan fingerprint density at radius 3 is 2.55 bits per heavy atom. The van der Waals surface area contributed by atoms with Crippen LogP contribution in [0, 0.1) is 5.82 Å². The first-order valence-electron chi connectivity index (χ1n) is 7.69. The number of rotatable bonds is 3. The maximum atomic E-state index is 13.3. The molecule has 2 saturated heterocycles. The van der Waals surface area contributed by atoms with E-state index in [1.165, 1.54) is 18.2 Å². The van der Waals surface area contributed by atoms with Crippen molar-refractivity contribution < 1.29 is 14.0 Å². The van der Waals surface area contributed by atoms with Crippen LogP contribution in [0.3, 0.4) is 0 Å². The van der Waals surface area contributed by atoms with E-state index in [2.05, 4.69) is 16.7 Å². The van der Waals surface area contributed by atoms with Crippen LogP contribution in [0.1, 0.15) is 13.3 Å². The number of hydrogen-bond acceptors (Lipinski definition) is 4. The Morgan fingerprint density at radius 2 is 1.91 bits per heavy atom. The Labute approximate surface area is 129 Å². The summed E-state index contributed by atoms with van der Waals surface area (Å²) >= 11 is 0. The highest BCUT2D eigenvalue weighted by Gasteiger charge is 2.43. The molecule has 0 N–H and O–H groups in total. The number of imide groups is 1. The molecule has 1 aromatic rings. The van der Waals surface area contributed by atoms with Gasteiger partial charge in [0, 0.05) is 26.2 Å².